The molecular weight excluding hydrogens is 695 g/mol. The zero-order valence-corrected chi connectivity index (χ0v) is 31.5. The molecule has 1 heterocycles. The van der Waals surface area contributed by atoms with Gasteiger partial charge in [0.25, 0.3) is 0 Å². The molecule has 10 rings (SSSR count). The number of nitrogens with zero attached hydrogens (tertiary/aromatic N) is 1. The lowest BCUT2D eigenvalue weighted by Crippen LogP contribution is -2.09. The predicted octanol–water partition coefficient (Wildman–Crippen LogP) is 15.9. The van der Waals surface area contributed by atoms with Crippen molar-refractivity contribution in [2.45, 2.75) is 0 Å². The van der Waals surface area contributed by atoms with E-state index >= 15 is 0 Å². The molecule has 10 aromatic rings. The van der Waals surface area contributed by atoms with Crippen molar-refractivity contribution in [3.05, 3.63) is 224 Å². The lowest BCUT2D eigenvalue weighted by Gasteiger charge is -2.26. The first-order valence-electron chi connectivity index (χ1n) is 19.1. The minimum atomic E-state index is 1.10. The molecule has 1 nitrogen and oxygen atoms in total. The highest BCUT2D eigenvalue weighted by molar-refractivity contribution is 7.25. The second-order valence-corrected chi connectivity index (χ2v) is 15.3. The van der Waals surface area contributed by atoms with Crippen LogP contribution in [0.25, 0.3) is 75.8 Å². The van der Waals surface area contributed by atoms with E-state index in [4.69, 9.17) is 0 Å². The number of fused-ring (bicyclic) bond motifs is 3. The Kier molecular flexibility index (Phi) is 8.79. The number of hydrogen-bond acceptors (Lipinski definition) is 2. The van der Waals surface area contributed by atoms with E-state index in [1.165, 1.54) is 75.8 Å². The first kappa shape index (κ1) is 33.6. The number of rotatable bonds is 8. The lowest BCUT2D eigenvalue weighted by atomic mass is 9.93. The maximum absolute atomic E-state index is 2.36. The van der Waals surface area contributed by atoms with Crippen LogP contribution in [0.4, 0.5) is 17.1 Å². The largest absolute Gasteiger partial charge is 0.311 e. The van der Waals surface area contributed by atoms with Crippen molar-refractivity contribution >= 4 is 48.6 Å². The quantitative estimate of drug-likeness (QED) is 0.150. The van der Waals surface area contributed by atoms with E-state index in [0.29, 0.717) is 0 Å². The number of hydrogen-bond donors (Lipinski definition) is 0. The van der Waals surface area contributed by atoms with Gasteiger partial charge in [0.05, 0.1) is 0 Å². The van der Waals surface area contributed by atoms with E-state index in [0.717, 1.165) is 17.1 Å². The van der Waals surface area contributed by atoms with Crippen LogP contribution in [0.3, 0.4) is 0 Å². The maximum Gasteiger partial charge on any atom is 0.0462 e. The van der Waals surface area contributed by atoms with Crippen molar-refractivity contribution in [1.82, 2.24) is 0 Å². The standard InChI is InChI=1S/C54H37NS/c1-4-12-38(13-5-1)41-20-27-48(28-21-41)55(49-29-22-42(23-30-49)39-14-6-2-7-15-39)50-31-24-43(25-32-50)46-34-45(40-16-8-3-9-17-40)35-47(36-46)44-26-33-52-51-18-10-11-19-53(51)56-54(52)37-44/h1-37H. The van der Waals surface area contributed by atoms with Crippen molar-refractivity contribution < 1.29 is 0 Å². The Morgan fingerprint density at radius 2 is 0.571 bits per heavy atom. The van der Waals surface area contributed by atoms with Crippen LogP contribution in [0.1, 0.15) is 0 Å². The summed E-state index contributed by atoms with van der Waals surface area (Å²) in [6, 6.07) is 81.3. The summed E-state index contributed by atoms with van der Waals surface area (Å²) in [6.07, 6.45) is 0. The van der Waals surface area contributed by atoms with Gasteiger partial charge in [0.15, 0.2) is 0 Å². The highest BCUT2D eigenvalue weighted by Gasteiger charge is 2.15. The summed E-state index contributed by atoms with van der Waals surface area (Å²) < 4.78 is 2.64. The maximum atomic E-state index is 2.36. The van der Waals surface area contributed by atoms with Crippen molar-refractivity contribution in [3.8, 4) is 55.6 Å². The normalized spacial score (nSPS) is 11.2. The molecule has 0 spiro atoms. The Bertz CT molecular complexity index is 2830. The second-order valence-electron chi connectivity index (χ2n) is 14.2. The number of benzene rings is 9. The minimum absolute atomic E-state index is 1.10. The van der Waals surface area contributed by atoms with Gasteiger partial charge in [-0.1, -0.05) is 158 Å². The third kappa shape index (κ3) is 6.57. The van der Waals surface area contributed by atoms with Gasteiger partial charge >= 0.3 is 0 Å². The van der Waals surface area contributed by atoms with E-state index < -0.39 is 0 Å². The van der Waals surface area contributed by atoms with Gasteiger partial charge < -0.3 is 4.90 Å². The van der Waals surface area contributed by atoms with Gasteiger partial charge in [-0.25, -0.2) is 0 Å². The van der Waals surface area contributed by atoms with Gasteiger partial charge in [0, 0.05) is 37.2 Å². The molecule has 0 aliphatic heterocycles. The molecule has 56 heavy (non-hydrogen) atoms. The molecule has 0 saturated heterocycles. The van der Waals surface area contributed by atoms with Crippen molar-refractivity contribution in [3.63, 3.8) is 0 Å². The van der Waals surface area contributed by atoms with Crippen LogP contribution < -0.4 is 4.90 Å². The molecule has 9 aromatic carbocycles. The average molecular weight is 732 g/mol. The van der Waals surface area contributed by atoms with Crippen molar-refractivity contribution in [2.75, 3.05) is 4.90 Å². The van der Waals surface area contributed by atoms with Crippen LogP contribution in [-0.4, -0.2) is 0 Å². The SMILES string of the molecule is c1ccc(-c2ccc(N(c3ccc(-c4ccccc4)cc3)c3ccc(-c4cc(-c5ccccc5)cc(-c5ccc6c(c5)sc5ccccc56)c4)cc3)cc2)cc1. The average Bonchev–Trinajstić information content (AvgIpc) is 3.66. The molecule has 1 aromatic heterocycles. The molecule has 264 valence electrons. The summed E-state index contributed by atoms with van der Waals surface area (Å²) in [5.74, 6) is 0. The Morgan fingerprint density at radius 1 is 0.232 bits per heavy atom. The second kappa shape index (κ2) is 14.7. The van der Waals surface area contributed by atoms with E-state index in [9.17, 15) is 0 Å². The summed E-state index contributed by atoms with van der Waals surface area (Å²) in [6.45, 7) is 0. The summed E-state index contributed by atoms with van der Waals surface area (Å²) >= 11 is 1.87. The Morgan fingerprint density at radius 3 is 1.05 bits per heavy atom. The van der Waals surface area contributed by atoms with Gasteiger partial charge in [-0.2, -0.15) is 0 Å². The smallest absolute Gasteiger partial charge is 0.0462 e. The molecule has 0 unspecified atom stereocenters. The summed E-state index contributed by atoms with van der Waals surface area (Å²) in [5.41, 5.74) is 15.3. The molecule has 0 fully saturated rings. The number of thiophene rings is 1. The van der Waals surface area contributed by atoms with E-state index in [1.807, 2.05) is 11.3 Å². The van der Waals surface area contributed by atoms with Crippen LogP contribution in [0.5, 0.6) is 0 Å². The topological polar surface area (TPSA) is 3.24 Å². The van der Waals surface area contributed by atoms with Gasteiger partial charge in [0.1, 0.15) is 0 Å². The molecule has 0 radical (unpaired) electrons. The fourth-order valence-corrected chi connectivity index (χ4v) is 8.93. The van der Waals surface area contributed by atoms with Gasteiger partial charge in [0.2, 0.25) is 0 Å². The zero-order valence-electron chi connectivity index (χ0n) is 30.7. The van der Waals surface area contributed by atoms with E-state index in [2.05, 4.69) is 229 Å². The lowest BCUT2D eigenvalue weighted by molar-refractivity contribution is 1.28. The summed E-state index contributed by atoms with van der Waals surface area (Å²) in [5, 5.41) is 2.64. The van der Waals surface area contributed by atoms with Gasteiger partial charge in [-0.3, -0.25) is 0 Å². The molecule has 0 saturated carbocycles. The Hall–Kier alpha value is -7.00. The number of anilines is 3. The van der Waals surface area contributed by atoms with Gasteiger partial charge in [-0.15, -0.1) is 11.3 Å². The minimum Gasteiger partial charge on any atom is -0.311 e. The highest BCUT2D eigenvalue weighted by atomic mass is 32.1. The molecule has 0 N–H and O–H groups in total. The molecule has 0 amide bonds. The zero-order chi connectivity index (χ0) is 37.3. The first-order chi connectivity index (χ1) is 27.7. The molecule has 0 aliphatic rings. The molecule has 2 heteroatoms. The summed E-state index contributed by atoms with van der Waals surface area (Å²) in [4.78, 5) is 2.35. The van der Waals surface area contributed by atoms with Crippen LogP contribution in [0, 0.1) is 0 Å². The molecular formula is C54H37NS. The van der Waals surface area contributed by atoms with E-state index in [-0.39, 0.29) is 0 Å². The van der Waals surface area contributed by atoms with Gasteiger partial charge in [-0.05, 0) is 122 Å². The van der Waals surface area contributed by atoms with Crippen LogP contribution >= 0.6 is 11.3 Å². The molecule has 0 bridgehead atoms. The fourth-order valence-electron chi connectivity index (χ4n) is 7.78. The van der Waals surface area contributed by atoms with Crippen molar-refractivity contribution in [1.29, 1.82) is 0 Å². The third-order valence-electron chi connectivity index (χ3n) is 10.7. The fraction of sp³-hybridized carbons (Fsp3) is 0. The summed E-state index contributed by atoms with van der Waals surface area (Å²) in [7, 11) is 0. The molecule has 0 aliphatic carbocycles. The van der Waals surface area contributed by atoms with Crippen LogP contribution in [-0.2, 0) is 0 Å². The Labute approximate surface area is 332 Å². The first-order valence-corrected chi connectivity index (χ1v) is 19.9. The molecule has 0 atom stereocenters. The third-order valence-corrected chi connectivity index (χ3v) is 11.8. The van der Waals surface area contributed by atoms with Crippen LogP contribution in [0.2, 0.25) is 0 Å². The van der Waals surface area contributed by atoms with E-state index in [1.54, 1.807) is 0 Å². The monoisotopic (exact) mass is 731 g/mol. The Balaban J connectivity index is 1.05. The van der Waals surface area contributed by atoms with Crippen molar-refractivity contribution in [2.24, 2.45) is 0 Å². The van der Waals surface area contributed by atoms with Crippen LogP contribution in [0.15, 0.2) is 224 Å². The highest BCUT2D eigenvalue weighted by Crippen LogP contribution is 2.41. The predicted molar refractivity (Wildman–Crippen MR) is 241 cm³/mol.